The van der Waals surface area contributed by atoms with E-state index in [4.69, 9.17) is 11.5 Å². The van der Waals surface area contributed by atoms with Gasteiger partial charge in [-0.2, -0.15) is 4.57 Å². The molecule has 0 aliphatic rings. The Morgan fingerprint density at radius 1 is 0.765 bits per heavy atom. The molecule has 0 saturated heterocycles. The number of nitrogen functional groups attached to an aromatic ring is 2. The van der Waals surface area contributed by atoms with Crippen molar-refractivity contribution in [2.75, 3.05) is 11.5 Å². The number of hydrogen-bond acceptors (Lipinski definition) is 2. The normalized spacial score (nSPS) is 11.1. The lowest BCUT2D eigenvalue weighted by Crippen LogP contribution is -2.29. The number of aromatic nitrogens is 1. The Balaban J connectivity index is 2.52. The van der Waals surface area contributed by atoms with Gasteiger partial charge in [0.05, 0.1) is 0 Å². The predicted molar refractivity (Wildman–Crippen MR) is 71.5 cm³/mol. The standard InChI is InChI=1S/C14H14N3/c1-17-13-4-2-11(15)7-9(13)6-10-8-12(16)3-5-14(10)17/h2-8H,15-16H2,1H3/q+1. The first kappa shape index (κ1) is 9.90. The zero-order valence-electron chi connectivity index (χ0n) is 9.64. The number of benzene rings is 2. The zero-order chi connectivity index (χ0) is 12.0. The van der Waals surface area contributed by atoms with Crippen molar-refractivity contribution in [1.82, 2.24) is 0 Å². The van der Waals surface area contributed by atoms with E-state index in [9.17, 15) is 0 Å². The summed E-state index contributed by atoms with van der Waals surface area (Å²) in [5.74, 6) is 0. The van der Waals surface area contributed by atoms with Crippen molar-refractivity contribution >= 4 is 33.2 Å². The van der Waals surface area contributed by atoms with Crippen molar-refractivity contribution in [2.24, 2.45) is 7.05 Å². The summed E-state index contributed by atoms with van der Waals surface area (Å²) in [4.78, 5) is 0. The number of nitrogens with zero attached hydrogens (tertiary/aromatic N) is 1. The maximum Gasteiger partial charge on any atom is 0.212 e. The van der Waals surface area contributed by atoms with Crippen LogP contribution in [0.25, 0.3) is 21.8 Å². The van der Waals surface area contributed by atoms with Crippen LogP contribution in [0.5, 0.6) is 0 Å². The Hall–Kier alpha value is -2.29. The van der Waals surface area contributed by atoms with Crippen molar-refractivity contribution in [3.8, 4) is 0 Å². The zero-order valence-corrected chi connectivity index (χ0v) is 9.64. The molecule has 3 rings (SSSR count). The minimum atomic E-state index is 0.778. The maximum atomic E-state index is 5.81. The molecule has 1 aromatic heterocycles. The number of rotatable bonds is 0. The van der Waals surface area contributed by atoms with Crippen molar-refractivity contribution in [3.05, 3.63) is 42.5 Å². The highest BCUT2D eigenvalue weighted by Crippen LogP contribution is 2.21. The SMILES string of the molecule is C[n+]1c2ccc(N)cc2cc2cc(N)ccc21. The average molecular weight is 224 g/mol. The van der Waals surface area contributed by atoms with Gasteiger partial charge in [-0.25, -0.2) is 0 Å². The van der Waals surface area contributed by atoms with Gasteiger partial charge in [-0.15, -0.1) is 0 Å². The Bertz CT molecular complexity index is 672. The summed E-state index contributed by atoms with van der Waals surface area (Å²) < 4.78 is 2.16. The highest BCUT2D eigenvalue weighted by molar-refractivity contribution is 5.91. The van der Waals surface area contributed by atoms with E-state index >= 15 is 0 Å². The van der Waals surface area contributed by atoms with Crippen molar-refractivity contribution in [2.45, 2.75) is 0 Å². The number of anilines is 2. The molecule has 0 radical (unpaired) electrons. The van der Waals surface area contributed by atoms with E-state index in [2.05, 4.69) is 17.7 Å². The fourth-order valence-corrected chi connectivity index (χ4v) is 2.29. The van der Waals surface area contributed by atoms with Crippen LogP contribution in [-0.4, -0.2) is 0 Å². The third-order valence-corrected chi connectivity index (χ3v) is 3.14. The minimum absolute atomic E-state index is 0.778. The van der Waals surface area contributed by atoms with E-state index in [0.717, 1.165) is 33.2 Å². The van der Waals surface area contributed by atoms with Crippen molar-refractivity contribution in [3.63, 3.8) is 0 Å². The van der Waals surface area contributed by atoms with E-state index in [1.54, 1.807) is 0 Å². The highest BCUT2D eigenvalue weighted by atomic mass is 14.9. The van der Waals surface area contributed by atoms with Crippen molar-refractivity contribution < 1.29 is 4.57 Å². The molecule has 3 heteroatoms. The van der Waals surface area contributed by atoms with Gasteiger partial charge in [0.2, 0.25) is 11.0 Å². The van der Waals surface area contributed by atoms with Crippen LogP contribution in [-0.2, 0) is 7.05 Å². The Morgan fingerprint density at radius 2 is 1.24 bits per heavy atom. The fraction of sp³-hybridized carbons (Fsp3) is 0.0714. The van der Waals surface area contributed by atoms with Crippen molar-refractivity contribution in [1.29, 1.82) is 0 Å². The van der Waals surface area contributed by atoms with Crippen LogP contribution in [0.15, 0.2) is 42.5 Å². The smallest absolute Gasteiger partial charge is 0.212 e. The van der Waals surface area contributed by atoms with E-state index in [1.165, 1.54) is 0 Å². The van der Waals surface area contributed by atoms with Crippen LogP contribution in [0.1, 0.15) is 0 Å². The van der Waals surface area contributed by atoms with Gasteiger partial charge < -0.3 is 11.5 Å². The summed E-state index contributed by atoms with van der Waals surface area (Å²) in [7, 11) is 2.05. The topological polar surface area (TPSA) is 55.9 Å². The van der Waals surface area contributed by atoms with Gasteiger partial charge in [-0.3, -0.25) is 0 Å². The molecular weight excluding hydrogens is 210 g/mol. The number of hydrogen-bond donors (Lipinski definition) is 2. The monoisotopic (exact) mass is 224 g/mol. The van der Waals surface area contributed by atoms with Crippen LogP contribution in [0.2, 0.25) is 0 Å². The Morgan fingerprint density at radius 3 is 1.71 bits per heavy atom. The molecule has 3 aromatic rings. The summed E-state index contributed by atoms with van der Waals surface area (Å²) in [5, 5.41) is 2.26. The molecular formula is C14H14N3+. The largest absolute Gasteiger partial charge is 0.399 e. The summed E-state index contributed by atoms with van der Waals surface area (Å²) >= 11 is 0. The molecule has 0 unspecified atom stereocenters. The molecule has 0 atom stereocenters. The molecule has 3 nitrogen and oxygen atoms in total. The first-order valence-electron chi connectivity index (χ1n) is 5.53. The Labute approximate surface area is 99.3 Å². The molecule has 1 heterocycles. The quantitative estimate of drug-likeness (QED) is 0.348. The summed E-state index contributed by atoms with van der Waals surface area (Å²) in [5.41, 5.74) is 15.5. The molecule has 0 amide bonds. The number of aryl methyl sites for hydroxylation is 1. The van der Waals surface area contributed by atoms with Crippen LogP contribution >= 0.6 is 0 Å². The predicted octanol–water partition coefficient (Wildman–Crippen LogP) is 1.98. The molecule has 4 N–H and O–H groups in total. The highest BCUT2D eigenvalue weighted by Gasteiger charge is 2.11. The lowest BCUT2D eigenvalue weighted by atomic mass is 10.1. The summed E-state index contributed by atoms with van der Waals surface area (Å²) in [6.45, 7) is 0. The van der Waals surface area contributed by atoms with E-state index < -0.39 is 0 Å². The molecule has 2 aromatic carbocycles. The lowest BCUT2D eigenvalue weighted by Gasteiger charge is -2.03. The summed E-state index contributed by atoms with van der Waals surface area (Å²) in [6, 6.07) is 14.0. The number of nitrogens with two attached hydrogens (primary N) is 2. The second-order valence-electron chi connectivity index (χ2n) is 4.34. The van der Waals surface area contributed by atoms with Gasteiger partial charge in [0.25, 0.3) is 0 Å². The molecule has 0 bridgehead atoms. The van der Waals surface area contributed by atoms with E-state index in [1.807, 2.05) is 36.4 Å². The Kier molecular flexibility index (Phi) is 1.95. The minimum Gasteiger partial charge on any atom is -0.399 e. The van der Waals surface area contributed by atoms with Crippen LogP contribution < -0.4 is 16.0 Å². The first-order chi connectivity index (χ1) is 8.15. The first-order valence-corrected chi connectivity index (χ1v) is 5.53. The molecule has 17 heavy (non-hydrogen) atoms. The summed E-state index contributed by atoms with van der Waals surface area (Å²) in [6.07, 6.45) is 0. The van der Waals surface area contributed by atoms with Gasteiger partial charge in [-0.05, 0) is 30.3 Å². The van der Waals surface area contributed by atoms with E-state index in [-0.39, 0.29) is 0 Å². The van der Waals surface area contributed by atoms with Crippen LogP contribution in [0.4, 0.5) is 11.4 Å². The average Bonchev–Trinajstić information content (AvgIpc) is 2.28. The molecule has 0 saturated carbocycles. The second kappa shape index (κ2) is 3.35. The van der Waals surface area contributed by atoms with E-state index in [0.29, 0.717) is 0 Å². The lowest BCUT2D eigenvalue weighted by molar-refractivity contribution is -0.617. The van der Waals surface area contributed by atoms with Gasteiger partial charge in [-0.1, -0.05) is 0 Å². The van der Waals surface area contributed by atoms with Crippen LogP contribution in [0, 0.1) is 0 Å². The fourth-order valence-electron chi connectivity index (χ4n) is 2.29. The third kappa shape index (κ3) is 1.47. The molecule has 0 fully saturated rings. The third-order valence-electron chi connectivity index (χ3n) is 3.14. The maximum absolute atomic E-state index is 5.81. The molecule has 0 aliphatic carbocycles. The van der Waals surface area contributed by atoms with Gasteiger partial charge >= 0.3 is 0 Å². The van der Waals surface area contributed by atoms with Gasteiger partial charge in [0, 0.05) is 34.3 Å². The molecule has 0 aliphatic heterocycles. The number of pyridine rings is 1. The van der Waals surface area contributed by atoms with Crippen LogP contribution in [0.3, 0.4) is 0 Å². The van der Waals surface area contributed by atoms with Gasteiger partial charge in [0.15, 0.2) is 0 Å². The second-order valence-corrected chi connectivity index (χ2v) is 4.34. The molecule has 0 spiro atoms. The van der Waals surface area contributed by atoms with Gasteiger partial charge in [0.1, 0.15) is 7.05 Å². The molecule has 84 valence electrons. The number of fused-ring (bicyclic) bond motifs is 2.